The molecule has 1 aromatic carbocycles. The molecule has 2 N–H and O–H groups in total. The number of aromatic nitrogens is 2. The fourth-order valence-corrected chi connectivity index (χ4v) is 3.41. The monoisotopic (exact) mass is 435 g/mol. The van der Waals surface area contributed by atoms with Gasteiger partial charge in [-0.15, -0.1) is 10.2 Å². The molecule has 1 saturated heterocycles. The quantitative estimate of drug-likeness (QED) is 0.716. The van der Waals surface area contributed by atoms with Gasteiger partial charge in [-0.2, -0.15) is 0 Å². The Bertz CT molecular complexity index is 957. The molecule has 0 unspecified atom stereocenters. The van der Waals surface area contributed by atoms with Gasteiger partial charge >= 0.3 is 5.97 Å². The van der Waals surface area contributed by atoms with Crippen molar-refractivity contribution in [2.75, 3.05) is 50.5 Å². The van der Waals surface area contributed by atoms with Crippen LogP contribution < -0.4 is 15.4 Å². The minimum atomic E-state index is -1.06. The smallest absolute Gasteiger partial charge is 0.320 e. The zero-order valence-corrected chi connectivity index (χ0v) is 18.1. The summed E-state index contributed by atoms with van der Waals surface area (Å²) < 4.78 is 38.8. The van der Waals surface area contributed by atoms with Gasteiger partial charge in [0.05, 0.1) is 24.9 Å². The third-order valence-electron chi connectivity index (χ3n) is 4.82. The minimum absolute atomic E-state index is 0.111. The molecule has 0 aliphatic carbocycles. The highest BCUT2D eigenvalue weighted by molar-refractivity contribution is 5.75. The van der Waals surface area contributed by atoms with Crippen LogP contribution in [0.5, 0.6) is 5.75 Å². The lowest BCUT2D eigenvalue weighted by Gasteiger charge is -2.36. The molecule has 0 radical (unpaired) electrons. The number of anilines is 2. The normalized spacial score (nSPS) is 15.1. The Labute approximate surface area is 179 Å². The maximum atomic E-state index is 14.5. The molecule has 1 fully saturated rings. The van der Waals surface area contributed by atoms with E-state index >= 15 is 0 Å². The van der Waals surface area contributed by atoms with Gasteiger partial charge in [0, 0.05) is 26.2 Å². The third-order valence-corrected chi connectivity index (χ3v) is 4.82. The molecule has 2 aromatic rings. The Morgan fingerprint density at radius 1 is 1.16 bits per heavy atom. The number of carbonyl (C=O) groups is 1. The summed E-state index contributed by atoms with van der Waals surface area (Å²) in [6.45, 7) is 8.04. The Kier molecular flexibility index (Phi) is 6.59. The number of nitrogen functional groups attached to an aromatic ring is 1. The summed E-state index contributed by atoms with van der Waals surface area (Å²) in [6, 6.07) is 3.90. The number of methoxy groups -OCH3 is 1. The van der Waals surface area contributed by atoms with Crippen molar-refractivity contribution in [2.24, 2.45) is 0 Å². The van der Waals surface area contributed by atoms with Crippen LogP contribution in [0.3, 0.4) is 0 Å². The SMILES string of the molecule is COc1ccc(F)c(F)c1-c1cc(N2CCN(CC(=O)OC(C)(C)C)CC2)c(N)nn1. The summed E-state index contributed by atoms with van der Waals surface area (Å²) in [6.07, 6.45) is 0. The van der Waals surface area contributed by atoms with Crippen LogP contribution in [0.2, 0.25) is 0 Å². The number of carbonyl (C=O) groups excluding carboxylic acids is 1. The zero-order valence-electron chi connectivity index (χ0n) is 18.1. The number of rotatable bonds is 5. The lowest BCUT2D eigenvalue weighted by Crippen LogP contribution is -2.49. The summed E-state index contributed by atoms with van der Waals surface area (Å²) in [5.41, 5.74) is 6.06. The Morgan fingerprint density at radius 2 is 1.84 bits per heavy atom. The number of nitrogens with two attached hydrogens (primary N) is 1. The predicted octanol–water partition coefficient (Wildman–Crippen LogP) is 2.48. The second-order valence-corrected chi connectivity index (χ2v) is 8.29. The summed E-state index contributed by atoms with van der Waals surface area (Å²) >= 11 is 0. The van der Waals surface area contributed by atoms with Crippen molar-refractivity contribution in [2.45, 2.75) is 26.4 Å². The van der Waals surface area contributed by atoms with Crippen LogP contribution in [0.25, 0.3) is 11.3 Å². The molecule has 0 amide bonds. The molecule has 0 atom stereocenters. The highest BCUT2D eigenvalue weighted by Crippen LogP contribution is 2.35. The molecule has 1 aliphatic heterocycles. The number of hydrogen-bond acceptors (Lipinski definition) is 8. The minimum Gasteiger partial charge on any atom is -0.496 e. The number of halogens is 2. The maximum Gasteiger partial charge on any atom is 0.320 e. The highest BCUT2D eigenvalue weighted by Gasteiger charge is 2.25. The molecule has 0 spiro atoms. The van der Waals surface area contributed by atoms with Crippen molar-refractivity contribution in [3.05, 3.63) is 29.8 Å². The lowest BCUT2D eigenvalue weighted by molar-refractivity contribution is -0.156. The molecule has 0 bridgehead atoms. The van der Waals surface area contributed by atoms with E-state index in [1.54, 1.807) is 6.07 Å². The van der Waals surface area contributed by atoms with Crippen molar-refractivity contribution in [1.82, 2.24) is 15.1 Å². The molecule has 31 heavy (non-hydrogen) atoms. The van der Waals surface area contributed by atoms with Crippen LogP contribution in [-0.4, -0.2) is 66.5 Å². The molecule has 1 aliphatic rings. The van der Waals surface area contributed by atoms with E-state index in [4.69, 9.17) is 15.2 Å². The molecule has 0 saturated carbocycles. The van der Waals surface area contributed by atoms with Gasteiger partial charge in [-0.05, 0) is 39.0 Å². The molecule has 168 valence electrons. The second-order valence-electron chi connectivity index (χ2n) is 8.29. The van der Waals surface area contributed by atoms with Crippen molar-refractivity contribution >= 4 is 17.5 Å². The number of esters is 1. The van der Waals surface area contributed by atoms with E-state index < -0.39 is 17.2 Å². The van der Waals surface area contributed by atoms with Crippen LogP contribution in [0, 0.1) is 11.6 Å². The first-order valence-corrected chi connectivity index (χ1v) is 9.93. The fourth-order valence-electron chi connectivity index (χ4n) is 3.41. The van der Waals surface area contributed by atoms with Gasteiger partial charge in [-0.25, -0.2) is 8.78 Å². The number of piperazine rings is 1. The number of nitrogens with zero attached hydrogens (tertiary/aromatic N) is 4. The van der Waals surface area contributed by atoms with Crippen molar-refractivity contribution in [1.29, 1.82) is 0 Å². The third kappa shape index (κ3) is 5.38. The fraction of sp³-hybridized carbons (Fsp3) is 0.476. The van der Waals surface area contributed by atoms with Crippen LogP contribution in [0.4, 0.5) is 20.3 Å². The second kappa shape index (κ2) is 9.01. The van der Waals surface area contributed by atoms with Crippen LogP contribution in [-0.2, 0) is 9.53 Å². The standard InChI is InChI=1S/C21H27F2N5O3/c1-21(2,3)31-17(29)12-27-7-9-28(10-8-27)15-11-14(25-26-20(15)24)18-16(30-4)6-5-13(22)19(18)23/h5-6,11H,7-10,12H2,1-4H3,(H2,24,26). The first kappa shape index (κ1) is 22.7. The van der Waals surface area contributed by atoms with Gasteiger partial charge in [-0.1, -0.05) is 0 Å². The van der Waals surface area contributed by atoms with Crippen LogP contribution >= 0.6 is 0 Å². The van der Waals surface area contributed by atoms with Gasteiger partial charge < -0.3 is 20.1 Å². The first-order chi connectivity index (χ1) is 14.6. The summed E-state index contributed by atoms with van der Waals surface area (Å²) in [5, 5.41) is 7.88. The Balaban J connectivity index is 1.76. The van der Waals surface area contributed by atoms with E-state index in [-0.39, 0.29) is 35.3 Å². The molecular weight excluding hydrogens is 408 g/mol. The average Bonchev–Trinajstić information content (AvgIpc) is 2.70. The molecule has 2 heterocycles. The van der Waals surface area contributed by atoms with Crippen molar-refractivity contribution in [3.63, 3.8) is 0 Å². The van der Waals surface area contributed by atoms with Crippen LogP contribution in [0.1, 0.15) is 20.8 Å². The summed E-state index contributed by atoms with van der Waals surface area (Å²) in [5.74, 6) is -2.02. The molecule has 3 rings (SSSR count). The molecule has 1 aromatic heterocycles. The van der Waals surface area contributed by atoms with Crippen molar-refractivity contribution < 1.29 is 23.0 Å². The molecular formula is C21H27F2N5O3. The van der Waals surface area contributed by atoms with Crippen molar-refractivity contribution in [3.8, 4) is 17.0 Å². The van der Waals surface area contributed by atoms with E-state index in [1.165, 1.54) is 13.2 Å². The number of ether oxygens (including phenoxy) is 2. The van der Waals surface area contributed by atoms with E-state index in [2.05, 4.69) is 10.2 Å². The Hall–Kier alpha value is -3.01. The van der Waals surface area contributed by atoms with Gasteiger partial charge in [-0.3, -0.25) is 9.69 Å². The number of hydrogen-bond donors (Lipinski definition) is 1. The lowest BCUT2D eigenvalue weighted by atomic mass is 10.1. The number of benzene rings is 1. The first-order valence-electron chi connectivity index (χ1n) is 9.93. The van der Waals surface area contributed by atoms with Crippen LogP contribution in [0.15, 0.2) is 18.2 Å². The molecule has 8 nitrogen and oxygen atoms in total. The van der Waals surface area contributed by atoms with Gasteiger partial charge in [0.15, 0.2) is 17.5 Å². The summed E-state index contributed by atoms with van der Waals surface area (Å²) in [4.78, 5) is 16.0. The Morgan fingerprint density at radius 3 is 2.45 bits per heavy atom. The average molecular weight is 435 g/mol. The zero-order chi connectivity index (χ0) is 22.8. The van der Waals surface area contributed by atoms with Gasteiger partial charge in [0.2, 0.25) is 0 Å². The largest absolute Gasteiger partial charge is 0.496 e. The van der Waals surface area contributed by atoms with Gasteiger partial charge in [0.1, 0.15) is 17.0 Å². The topological polar surface area (TPSA) is 93.8 Å². The van der Waals surface area contributed by atoms with E-state index in [9.17, 15) is 13.6 Å². The predicted molar refractivity (Wildman–Crippen MR) is 113 cm³/mol. The maximum absolute atomic E-state index is 14.5. The van der Waals surface area contributed by atoms with E-state index in [0.29, 0.717) is 31.9 Å². The van der Waals surface area contributed by atoms with E-state index in [1.807, 2.05) is 30.6 Å². The molecule has 10 heteroatoms. The van der Waals surface area contributed by atoms with Gasteiger partial charge in [0.25, 0.3) is 0 Å². The highest BCUT2D eigenvalue weighted by atomic mass is 19.2. The van der Waals surface area contributed by atoms with E-state index in [0.717, 1.165) is 6.07 Å². The summed E-state index contributed by atoms with van der Waals surface area (Å²) in [7, 11) is 1.37.